The van der Waals surface area contributed by atoms with E-state index in [0.717, 1.165) is 26.2 Å². The zero-order chi connectivity index (χ0) is 22.7. The lowest BCUT2D eigenvalue weighted by Gasteiger charge is -2.04. The van der Waals surface area contributed by atoms with Crippen LogP contribution in [0.3, 0.4) is 0 Å². The SMILES string of the molecule is c1ccc2c(C[n+]3ccn(CCn4cc[n+](Cc5cccc6ccccc56)c4)c3)cccc2c1. The van der Waals surface area contributed by atoms with Crippen LogP contribution < -0.4 is 9.13 Å². The summed E-state index contributed by atoms with van der Waals surface area (Å²) in [5.74, 6) is 0. The summed E-state index contributed by atoms with van der Waals surface area (Å²) in [6, 6.07) is 30.3. The van der Waals surface area contributed by atoms with Crippen molar-refractivity contribution in [3.05, 3.63) is 133 Å². The van der Waals surface area contributed by atoms with Gasteiger partial charge in [-0.15, -0.1) is 0 Å². The van der Waals surface area contributed by atoms with Gasteiger partial charge in [0.2, 0.25) is 12.7 Å². The van der Waals surface area contributed by atoms with Gasteiger partial charge in [0.05, 0.1) is 0 Å². The van der Waals surface area contributed by atoms with Gasteiger partial charge in [-0.3, -0.25) is 0 Å². The topological polar surface area (TPSA) is 17.6 Å². The van der Waals surface area contributed by atoms with E-state index in [-0.39, 0.29) is 0 Å². The molecule has 0 amide bonds. The quantitative estimate of drug-likeness (QED) is 0.310. The molecule has 4 heteroatoms. The fourth-order valence-electron chi connectivity index (χ4n) is 4.81. The Kier molecular flexibility index (Phi) is 5.40. The molecule has 0 saturated heterocycles. The van der Waals surface area contributed by atoms with Gasteiger partial charge >= 0.3 is 0 Å². The summed E-state index contributed by atoms with van der Waals surface area (Å²) in [6.07, 6.45) is 13.1. The highest BCUT2D eigenvalue weighted by molar-refractivity contribution is 5.86. The molecule has 4 aromatic carbocycles. The summed E-state index contributed by atoms with van der Waals surface area (Å²) in [6.45, 7) is 3.63. The van der Waals surface area contributed by atoms with E-state index in [9.17, 15) is 0 Å². The molecule has 0 spiro atoms. The lowest BCUT2D eigenvalue weighted by molar-refractivity contribution is -0.688. The molecular formula is C30H28N4+2. The number of benzene rings is 4. The van der Waals surface area contributed by atoms with Gasteiger partial charge in [0.25, 0.3) is 0 Å². The first-order valence-corrected chi connectivity index (χ1v) is 11.8. The molecule has 0 aliphatic heterocycles. The first kappa shape index (κ1) is 20.4. The van der Waals surface area contributed by atoms with Gasteiger partial charge in [-0.1, -0.05) is 84.9 Å². The fraction of sp³-hybridized carbons (Fsp3) is 0.133. The first-order chi connectivity index (χ1) is 16.8. The van der Waals surface area contributed by atoms with Crippen LogP contribution in [0, 0.1) is 0 Å². The Bertz CT molecular complexity index is 1440. The van der Waals surface area contributed by atoms with Crippen molar-refractivity contribution in [1.82, 2.24) is 9.13 Å². The van der Waals surface area contributed by atoms with Gasteiger partial charge < -0.3 is 0 Å². The molecule has 0 aliphatic carbocycles. The normalized spacial score (nSPS) is 11.4. The molecule has 4 nitrogen and oxygen atoms in total. The Morgan fingerprint density at radius 2 is 0.941 bits per heavy atom. The maximum Gasteiger partial charge on any atom is 0.244 e. The first-order valence-electron chi connectivity index (χ1n) is 11.8. The highest BCUT2D eigenvalue weighted by atomic mass is 15.2. The number of aryl methyl sites for hydroxylation is 2. The standard InChI is InChI=1S/C30H28N4/c1-3-13-29-25(7-1)9-5-11-27(29)21-33-19-17-31(23-33)15-16-32-18-20-34(24-32)22-28-12-6-10-26-8-2-4-14-30(26)28/h1-14,17-20,23-24H,15-16,21-22H2/q+2. The second-order valence-electron chi connectivity index (χ2n) is 8.92. The minimum Gasteiger partial charge on any atom is -0.233 e. The van der Waals surface area contributed by atoms with Crippen molar-refractivity contribution in [2.24, 2.45) is 0 Å². The third-order valence-electron chi connectivity index (χ3n) is 6.57. The van der Waals surface area contributed by atoms with E-state index in [1.165, 1.54) is 32.7 Å². The fourth-order valence-corrected chi connectivity index (χ4v) is 4.81. The monoisotopic (exact) mass is 444 g/mol. The van der Waals surface area contributed by atoms with Gasteiger partial charge in [0.1, 0.15) is 51.0 Å². The average molecular weight is 445 g/mol. The van der Waals surface area contributed by atoms with Crippen LogP contribution in [0.5, 0.6) is 0 Å². The van der Waals surface area contributed by atoms with Gasteiger partial charge in [-0.05, 0) is 21.5 Å². The van der Waals surface area contributed by atoms with E-state index in [4.69, 9.17) is 0 Å². The second-order valence-corrected chi connectivity index (χ2v) is 8.92. The molecule has 34 heavy (non-hydrogen) atoms. The summed E-state index contributed by atoms with van der Waals surface area (Å²) in [5, 5.41) is 5.25. The second kappa shape index (κ2) is 8.99. The average Bonchev–Trinajstić information content (AvgIpc) is 3.52. The summed E-state index contributed by atoms with van der Waals surface area (Å²) < 4.78 is 9.05. The molecule has 0 atom stereocenters. The van der Waals surface area contributed by atoms with Crippen molar-refractivity contribution in [3.63, 3.8) is 0 Å². The molecule has 0 fully saturated rings. The highest BCUT2D eigenvalue weighted by Crippen LogP contribution is 2.19. The molecule has 0 saturated carbocycles. The molecule has 2 heterocycles. The summed E-state index contributed by atoms with van der Waals surface area (Å²) in [4.78, 5) is 0. The maximum atomic E-state index is 2.26. The number of rotatable bonds is 7. The molecule has 0 N–H and O–H groups in total. The largest absolute Gasteiger partial charge is 0.244 e. The Morgan fingerprint density at radius 1 is 0.500 bits per heavy atom. The molecule has 2 aromatic heterocycles. The van der Waals surface area contributed by atoms with Gasteiger partial charge in [-0.25, -0.2) is 18.3 Å². The van der Waals surface area contributed by atoms with Crippen LogP contribution in [-0.2, 0) is 26.2 Å². The molecule has 0 radical (unpaired) electrons. The molecule has 6 aromatic rings. The van der Waals surface area contributed by atoms with Crippen LogP contribution in [-0.4, -0.2) is 9.13 Å². The lowest BCUT2D eigenvalue weighted by atomic mass is 10.0. The number of hydrogen-bond donors (Lipinski definition) is 0. The van der Waals surface area contributed by atoms with Crippen molar-refractivity contribution >= 4 is 21.5 Å². The van der Waals surface area contributed by atoms with Crippen LogP contribution in [0.4, 0.5) is 0 Å². The lowest BCUT2D eigenvalue weighted by Crippen LogP contribution is -2.32. The molecule has 0 aliphatic rings. The number of nitrogens with zero attached hydrogens (tertiary/aromatic N) is 4. The van der Waals surface area contributed by atoms with Crippen LogP contribution >= 0.6 is 0 Å². The molecule has 6 rings (SSSR count). The van der Waals surface area contributed by atoms with Crippen LogP contribution in [0.1, 0.15) is 11.1 Å². The molecule has 0 unspecified atom stereocenters. The van der Waals surface area contributed by atoms with Crippen LogP contribution in [0.2, 0.25) is 0 Å². The predicted octanol–water partition coefficient (Wildman–Crippen LogP) is 4.97. The van der Waals surface area contributed by atoms with E-state index < -0.39 is 0 Å². The Balaban J connectivity index is 1.11. The van der Waals surface area contributed by atoms with E-state index in [1.807, 2.05) is 0 Å². The van der Waals surface area contributed by atoms with Crippen molar-refractivity contribution in [2.75, 3.05) is 0 Å². The van der Waals surface area contributed by atoms with Crippen LogP contribution in [0.15, 0.2) is 122 Å². The molecule has 0 bridgehead atoms. The Labute approximate surface area is 199 Å². The minimum absolute atomic E-state index is 0.878. The third kappa shape index (κ3) is 4.23. The van der Waals surface area contributed by atoms with Crippen molar-refractivity contribution < 1.29 is 9.13 Å². The minimum atomic E-state index is 0.878. The van der Waals surface area contributed by atoms with Crippen LogP contribution in [0.25, 0.3) is 21.5 Å². The van der Waals surface area contributed by atoms with Gasteiger partial charge in [0, 0.05) is 11.1 Å². The van der Waals surface area contributed by atoms with E-state index in [2.05, 4.69) is 141 Å². The van der Waals surface area contributed by atoms with Gasteiger partial charge in [0.15, 0.2) is 0 Å². The number of aromatic nitrogens is 4. The van der Waals surface area contributed by atoms with E-state index >= 15 is 0 Å². The summed E-state index contributed by atoms with van der Waals surface area (Å²) >= 11 is 0. The number of hydrogen-bond acceptors (Lipinski definition) is 0. The predicted molar refractivity (Wildman–Crippen MR) is 135 cm³/mol. The Morgan fingerprint density at radius 3 is 1.44 bits per heavy atom. The smallest absolute Gasteiger partial charge is 0.233 e. The van der Waals surface area contributed by atoms with Gasteiger partial charge in [-0.2, -0.15) is 0 Å². The molecular weight excluding hydrogens is 416 g/mol. The zero-order valence-corrected chi connectivity index (χ0v) is 19.2. The maximum absolute atomic E-state index is 2.26. The highest BCUT2D eigenvalue weighted by Gasteiger charge is 2.11. The number of imidazole rings is 2. The van der Waals surface area contributed by atoms with E-state index in [1.54, 1.807) is 0 Å². The molecule has 166 valence electrons. The summed E-state index contributed by atoms with van der Waals surface area (Å²) in [5.41, 5.74) is 2.70. The van der Waals surface area contributed by atoms with Crippen molar-refractivity contribution in [3.8, 4) is 0 Å². The van der Waals surface area contributed by atoms with Crippen molar-refractivity contribution in [1.29, 1.82) is 0 Å². The zero-order valence-electron chi connectivity index (χ0n) is 19.2. The Hall–Kier alpha value is -4.18. The third-order valence-corrected chi connectivity index (χ3v) is 6.57. The summed E-state index contributed by atoms with van der Waals surface area (Å²) in [7, 11) is 0. The number of fused-ring (bicyclic) bond motifs is 2. The van der Waals surface area contributed by atoms with Crippen molar-refractivity contribution in [2.45, 2.75) is 26.2 Å². The van der Waals surface area contributed by atoms with E-state index in [0.29, 0.717) is 0 Å².